The molecule has 0 spiro atoms. The van der Waals surface area contributed by atoms with Gasteiger partial charge in [-0.1, -0.05) is 12.1 Å². The molecule has 0 aliphatic rings. The first-order valence-electron chi connectivity index (χ1n) is 6.05. The van der Waals surface area contributed by atoms with E-state index in [9.17, 15) is 25.2 Å². The van der Waals surface area contributed by atoms with E-state index in [1.165, 1.54) is 37.4 Å². The van der Waals surface area contributed by atoms with Gasteiger partial charge in [0.25, 0.3) is 0 Å². The summed E-state index contributed by atoms with van der Waals surface area (Å²) in [5.41, 5.74) is 0.395. The number of benzene rings is 2. The van der Waals surface area contributed by atoms with E-state index in [0.29, 0.717) is 0 Å². The van der Waals surface area contributed by atoms with Gasteiger partial charge in [-0.25, -0.2) is 0 Å². The van der Waals surface area contributed by atoms with Gasteiger partial charge in [0.1, 0.15) is 17.4 Å². The maximum Gasteiger partial charge on any atom is 0.315 e. The van der Waals surface area contributed by atoms with E-state index in [0.717, 1.165) is 6.07 Å². The van der Waals surface area contributed by atoms with Crippen LogP contribution in [-0.4, -0.2) is 33.5 Å². The topological polar surface area (TPSA) is 107 Å². The molecule has 2 rings (SSSR count). The summed E-state index contributed by atoms with van der Waals surface area (Å²) in [6.07, 6.45) is 0. The summed E-state index contributed by atoms with van der Waals surface area (Å²) in [6.45, 7) is 0. The Morgan fingerprint density at radius 2 is 1.76 bits per heavy atom. The average Bonchev–Trinajstić information content (AvgIpc) is 2.41. The van der Waals surface area contributed by atoms with Crippen LogP contribution in [0.25, 0.3) is 0 Å². The number of aliphatic carboxylic acids is 1. The molecular weight excluding hydrogens is 276 g/mol. The monoisotopic (exact) mass is 290 g/mol. The fraction of sp³-hybridized carbons (Fsp3) is 0.133. The number of methoxy groups -OCH3 is 1. The second-order valence-electron chi connectivity index (χ2n) is 4.45. The summed E-state index contributed by atoms with van der Waals surface area (Å²) in [7, 11) is 1.38. The summed E-state index contributed by atoms with van der Waals surface area (Å²) >= 11 is 0. The number of aromatic hydroxyl groups is 3. The molecule has 0 aliphatic heterocycles. The second kappa shape index (κ2) is 5.62. The SMILES string of the molecule is COc1ccc(C(C(=O)O)c2ccc(O)cc2O)cc1O. The van der Waals surface area contributed by atoms with Crippen molar-refractivity contribution in [2.45, 2.75) is 5.92 Å². The predicted molar refractivity (Wildman–Crippen MR) is 73.9 cm³/mol. The van der Waals surface area contributed by atoms with Crippen molar-refractivity contribution >= 4 is 5.97 Å². The molecule has 0 radical (unpaired) electrons. The van der Waals surface area contributed by atoms with Crippen LogP contribution < -0.4 is 4.74 Å². The maximum atomic E-state index is 11.5. The minimum atomic E-state index is -1.19. The van der Waals surface area contributed by atoms with Gasteiger partial charge in [-0.05, 0) is 23.8 Å². The lowest BCUT2D eigenvalue weighted by atomic mass is 9.90. The van der Waals surface area contributed by atoms with Gasteiger partial charge in [-0.3, -0.25) is 4.79 Å². The Kier molecular flexibility index (Phi) is 3.89. The van der Waals surface area contributed by atoms with Crippen molar-refractivity contribution in [3.8, 4) is 23.0 Å². The van der Waals surface area contributed by atoms with Crippen LogP contribution in [0.15, 0.2) is 36.4 Å². The van der Waals surface area contributed by atoms with Crippen LogP contribution in [0.4, 0.5) is 0 Å². The minimum Gasteiger partial charge on any atom is -0.508 e. The van der Waals surface area contributed by atoms with Gasteiger partial charge in [-0.2, -0.15) is 0 Å². The first-order valence-corrected chi connectivity index (χ1v) is 6.05. The van der Waals surface area contributed by atoms with Gasteiger partial charge in [0.05, 0.1) is 7.11 Å². The van der Waals surface area contributed by atoms with Crippen molar-refractivity contribution in [2.24, 2.45) is 0 Å². The number of hydrogen-bond acceptors (Lipinski definition) is 5. The first kappa shape index (κ1) is 14.5. The van der Waals surface area contributed by atoms with Crippen molar-refractivity contribution in [1.29, 1.82) is 0 Å². The number of carboxylic acid groups (broad SMARTS) is 1. The molecule has 0 heterocycles. The Bertz CT molecular complexity index is 680. The van der Waals surface area contributed by atoms with Crippen molar-refractivity contribution < 1.29 is 30.0 Å². The lowest BCUT2D eigenvalue weighted by Crippen LogP contribution is -2.13. The van der Waals surface area contributed by atoms with Gasteiger partial charge in [0, 0.05) is 11.6 Å². The van der Waals surface area contributed by atoms with E-state index in [1.807, 2.05) is 0 Å². The molecule has 0 aromatic heterocycles. The predicted octanol–water partition coefficient (Wildman–Crippen LogP) is 2.03. The van der Waals surface area contributed by atoms with Gasteiger partial charge >= 0.3 is 5.97 Å². The number of rotatable bonds is 4. The number of hydrogen-bond donors (Lipinski definition) is 4. The summed E-state index contributed by atoms with van der Waals surface area (Å²) in [4.78, 5) is 11.5. The van der Waals surface area contributed by atoms with Crippen LogP contribution >= 0.6 is 0 Å². The molecule has 1 unspecified atom stereocenters. The molecule has 6 nitrogen and oxygen atoms in total. The summed E-state index contributed by atoms with van der Waals surface area (Å²) in [6, 6.07) is 7.87. The Labute approximate surface area is 120 Å². The van der Waals surface area contributed by atoms with E-state index < -0.39 is 11.9 Å². The van der Waals surface area contributed by atoms with Gasteiger partial charge < -0.3 is 25.2 Å². The standard InChI is InChI=1S/C15H14O6/c1-21-13-5-2-8(6-12(13)18)14(15(19)20)10-4-3-9(16)7-11(10)17/h2-7,14,16-18H,1H3,(H,19,20). The smallest absolute Gasteiger partial charge is 0.315 e. The average molecular weight is 290 g/mol. The Hall–Kier alpha value is -2.89. The number of phenols is 3. The molecule has 0 fully saturated rings. The van der Waals surface area contributed by atoms with Gasteiger partial charge in [-0.15, -0.1) is 0 Å². The fourth-order valence-corrected chi connectivity index (χ4v) is 2.12. The molecule has 21 heavy (non-hydrogen) atoms. The van der Waals surface area contributed by atoms with Gasteiger partial charge in [0.15, 0.2) is 11.5 Å². The number of carbonyl (C=O) groups is 1. The summed E-state index contributed by atoms with van der Waals surface area (Å²) < 4.78 is 4.91. The Morgan fingerprint density at radius 1 is 1.05 bits per heavy atom. The third-order valence-corrected chi connectivity index (χ3v) is 3.11. The summed E-state index contributed by atoms with van der Waals surface area (Å²) in [5, 5.41) is 38.3. The largest absolute Gasteiger partial charge is 0.508 e. The highest BCUT2D eigenvalue weighted by Gasteiger charge is 2.26. The van der Waals surface area contributed by atoms with E-state index in [1.54, 1.807) is 0 Å². The zero-order valence-corrected chi connectivity index (χ0v) is 11.1. The zero-order valence-electron chi connectivity index (χ0n) is 11.1. The molecule has 4 N–H and O–H groups in total. The number of phenolic OH excluding ortho intramolecular Hbond substituents is 3. The van der Waals surface area contributed by atoms with Crippen LogP contribution in [0.3, 0.4) is 0 Å². The molecule has 110 valence electrons. The molecule has 1 atom stereocenters. The molecule has 0 amide bonds. The van der Waals surface area contributed by atoms with Crippen LogP contribution in [0.1, 0.15) is 17.0 Å². The van der Waals surface area contributed by atoms with Crippen LogP contribution in [0.5, 0.6) is 23.0 Å². The highest BCUT2D eigenvalue weighted by molar-refractivity contribution is 5.82. The first-order chi connectivity index (χ1) is 9.93. The van der Waals surface area contributed by atoms with E-state index >= 15 is 0 Å². The van der Waals surface area contributed by atoms with Crippen molar-refractivity contribution in [3.63, 3.8) is 0 Å². The Morgan fingerprint density at radius 3 is 2.29 bits per heavy atom. The van der Waals surface area contributed by atoms with E-state index in [2.05, 4.69) is 0 Å². The molecular formula is C15H14O6. The molecule has 0 saturated carbocycles. The molecule has 2 aromatic carbocycles. The lowest BCUT2D eigenvalue weighted by Gasteiger charge is -2.16. The van der Waals surface area contributed by atoms with Crippen molar-refractivity contribution in [2.75, 3.05) is 7.11 Å². The van der Waals surface area contributed by atoms with Gasteiger partial charge in [0.2, 0.25) is 0 Å². The third kappa shape index (κ3) is 2.84. The lowest BCUT2D eigenvalue weighted by molar-refractivity contribution is -0.137. The molecule has 0 bridgehead atoms. The maximum absolute atomic E-state index is 11.5. The minimum absolute atomic E-state index is 0.116. The molecule has 2 aromatic rings. The molecule has 0 aliphatic carbocycles. The highest BCUT2D eigenvalue weighted by atomic mass is 16.5. The zero-order chi connectivity index (χ0) is 15.6. The normalized spacial score (nSPS) is 11.9. The Balaban J connectivity index is 2.53. The van der Waals surface area contributed by atoms with E-state index in [4.69, 9.17) is 4.74 Å². The fourth-order valence-electron chi connectivity index (χ4n) is 2.12. The van der Waals surface area contributed by atoms with Crippen LogP contribution in [0, 0.1) is 0 Å². The van der Waals surface area contributed by atoms with Crippen LogP contribution in [0.2, 0.25) is 0 Å². The highest BCUT2D eigenvalue weighted by Crippen LogP contribution is 2.37. The summed E-state index contributed by atoms with van der Waals surface area (Å²) in [5.74, 6) is -2.85. The second-order valence-corrected chi connectivity index (χ2v) is 4.45. The van der Waals surface area contributed by atoms with Crippen LogP contribution in [-0.2, 0) is 4.79 Å². The number of ether oxygens (including phenoxy) is 1. The third-order valence-electron chi connectivity index (χ3n) is 3.11. The van der Waals surface area contributed by atoms with Crippen molar-refractivity contribution in [3.05, 3.63) is 47.5 Å². The number of carboxylic acids is 1. The van der Waals surface area contributed by atoms with E-state index in [-0.39, 0.29) is 34.1 Å². The molecule has 0 saturated heterocycles. The molecule has 6 heteroatoms. The van der Waals surface area contributed by atoms with Crippen molar-refractivity contribution in [1.82, 2.24) is 0 Å². The quantitative estimate of drug-likeness (QED) is 0.686.